The Bertz CT molecular complexity index is 482. The zero-order chi connectivity index (χ0) is 14.8. The molecule has 4 heteroatoms. The molecule has 1 aliphatic heterocycles. The second kappa shape index (κ2) is 7.28. The molecule has 0 aliphatic carbocycles. The molecule has 0 spiro atoms. The Labute approximate surface area is 134 Å². The van der Waals surface area contributed by atoms with Crippen LogP contribution in [0.1, 0.15) is 39.7 Å². The fourth-order valence-corrected chi connectivity index (χ4v) is 2.40. The van der Waals surface area contributed by atoms with E-state index in [9.17, 15) is 4.79 Å². The number of para-hydroxylation sites is 1. The first-order chi connectivity index (χ1) is 9.39. The predicted molar refractivity (Wildman–Crippen MR) is 91.0 cm³/mol. The number of rotatable bonds is 2. The summed E-state index contributed by atoms with van der Waals surface area (Å²) in [6.07, 6.45) is 0.609. The van der Waals surface area contributed by atoms with E-state index in [-0.39, 0.29) is 23.7 Å². The van der Waals surface area contributed by atoms with Crippen LogP contribution < -0.4 is 10.2 Å². The van der Waals surface area contributed by atoms with Crippen LogP contribution in [-0.2, 0) is 11.3 Å². The fourth-order valence-electron chi connectivity index (χ4n) is 2.40. The summed E-state index contributed by atoms with van der Waals surface area (Å²) in [7, 11) is 0. The van der Waals surface area contributed by atoms with Crippen molar-refractivity contribution in [2.24, 2.45) is 11.3 Å². The van der Waals surface area contributed by atoms with E-state index in [1.54, 1.807) is 0 Å². The average Bonchev–Trinajstić information content (AvgIpc) is 2.59. The van der Waals surface area contributed by atoms with Crippen molar-refractivity contribution in [1.29, 1.82) is 0 Å². The Morgan fingerprint density at radius 1 is 1.33 bits per heavy atom. The van der Waals surface area contributed by atoms with Crippen LogP contribution in [0.15, 0.2) is 24.3 Å². The highest BCUT2D eigenvalue weighted by Crippen LogP contribution is 2.30. The van der Waals surface area contributed by atoms with Gasteiger partial charge in [-0.05, 0) is 23.0 Å². The number of benzene rings is 1. The largest absolute Gasteiger partial charge is 0.311 e. The summed E-state index contributed by atoms with van der Waals surface area (Å²) in [5.74, 6) is 0.613. The van der Waals surface area contributed by atoms with Crippen LogP contribution in [0.5, 0.6) is 0 Å². The van der Waals surface area contributed by atoms with Crippen molar-refractivity contribution in [1.82, 2.24) is 5.32 Å². The highest BCUT2D eigenvalue weighted by Gasteiger charge is 2.27. The van der Waals surface area contributed by atoms with Gasteiger partial charge in [-0.25, -0.2) is 0 Å². The normalized spacial score (nSPS) is 16.5. The van der Waals surface area contributed by atoms with Crippen molar-refractivity contribution >= 4 is 24.0 Å². The zero-order valence-electron chi connectivity index (χ0n) is 13.5. The summed E-state index contributed by atoms with van der Waals surface area (Å²) >= 11 is 0. The SMILES string of the molecule is CC(CC(=O)N1CCNCc2ccccc21)C(C)(C)C.Cl. The molecule has 0 aromatic heterocycles. The summed E-state index contributed by atoms with van der Waals surface area (Å²) in [5.41, 5.74) is 2.45. The molecule has 1 amide bonds. The number of carbonyl (C=O) groups is 1. The number of halogens is 1. The van der Waals surface area contributed by atoms with Crippen LogP contribution in [0.2, 0.25) is 0 Å². The number of fused-ring (bicyclic) bond motifs is 1. The minimum atomic E-state index is 0. The number of nitrogens with one attached hydrogen (secondary N) is 1. The second-order valence-corrected chi connectivity index (χ2v) is 6.82. The fraction of sp³-hybridized carbons (Fsp3) is 0.588. The summed E-state index contributed by atoms with van der Waals surface area (Å²) in [6.45, 7) is 11.2. The monoisotopic (exact) mass is 310 g/mol. The van der Waals surface area contributed by atoms with Crippen LogP contribution in [0.3, 0.4) is 0 Å². The smallest absolute Gasteiger partial charge is 0.227 e. The van der Waals surface area contributed by atoms with Gasteiger partial charge in [0.25, 0.3) is 0 Å². The van der Waals surface area contributed by atoms with Crippen molar-refractivity contribution in [3.8, 4) is 0 Å². The Balaban J connectivity index is 0.00000220. The number of anilines is 1. The zero-order valence-corrected chi connectivity index (χ0v) is 14.3. The lowest BCUT2D eigenvalue weighted by Gasteiger charge is -2.30. The van der Waals surface area contributed by atoms with Crippen LogP contribution in [0.4, 0.5) is 5.69 Å². The lowest BCUT2D eigenvalue weighted by molar-refractivity contribution is -0.120. The Morgan fingerprint density at radius 2 is 2.00 bits per heavy atom. The minimum Gasteiger partial charge on any atom is -0.311 e. The molecule has 2 rings (SSSR count). The van der Waals surface area contributed by atoms with Crippen LogP contribution in [0.25, 0.3) is 0 Å². The molecule has 1 atom stereocenters. The van der Waals surface area contributed by atoms with E-state index in [2.05, 4.69) is 45.1 Å². The highest BCUT2D eigenvalue weighted by atomic mass is 35.5. The quantitative estimate of drug-likeness (QED) is 0.905. The molecule has 1 unspecified atom stereocenters. The van der Waals surface area contributed by atoms with Crippen molar-refractivity contribution < 1.29 is 4.79 Å². The minimum absolute atomic E-state index is 0. The third-order valence-electron chi connectivity index (χ3n) is 4.37. The van der Waals surface area contributed by atoms with Gasteiger partial charge >= 0.3 is 0 Å². The molecule has 0 bridgehead atoms. The van der Waals surface area contributed by atoms with Crippen molar-refractivity contribution in [2.45, 2.75) is 40.7 Å². The summed E-state index contributed by atoms with van der Waals surface area (Å²) < 4.78 is 0. The topological polar surface area (TPSA) is 32.3 Å². The van der Waals surface area contributed by atoms with Gasteiger partial charge in [0.1, 0.15) is 0 Å². The van der Waals surface area contributed by atoms with Crippen LogP contribution in [0, 0.1) is 11.3 Å². The maximum atomic E-state index is 12.7. The van der Waals surface area contributed by atoms with E-state index < -0.39 is 0 Å². The van der Waals surface area contributed by atoms with E-state index in [1.165, 1.54) is 5.56 Å². The lowest BCUT2D eigenvalue weighted by Crippen LogP contribution is -2.37. The molecule has 0 saturated carbocycles. The summed E-state index contributed by atoms with van der Waals surface area (Å²) in [5, 5.41) is 3.38. The van der Waals surface area contributed by atoms with E-state index in [0.29, 0.717) is 12.3 Å². The molecule has 1 aliphatic rings. The number of nitrogens with zero attached hydrogens (tertiary/aromatic N) is 1. The standard InChI is InChI=1S/C17H26N2O.ClH/c1-13(17(2,3)4)11-16(20)19-10-9-18-12-14-7-5-6-8-15(14)19;/h5-8,13,18H,9-12H2,1-4H3;1H. The van der Waals surface area contributed by atoms with E-state index in [1.807, 2.05) is 17.0 Å². The van der Waals surface area contributed by atoms with Gasteiger partial charge < -0.3 is 10.2 Å². The first-order valence-electron chi connectivity index (χ1n) is 7.48. The maximum Gasteiger partial charge on any atom is 0.227 e. The molecule has 1 aromatic rings. The van der Waals surface area contributed by atoms with Gasteiger partial charge in [0, 0.05) is 31.7 Å². The van der Waals surface area contributed by atoms with Gasteiger partial charge in [-0.2, -0.15) is 0 Å². The number of hydrogen-bond donors (Lipinski definition) is 1. The molecule has 0 fully saturated rings. The summed E-state index contributed by atoms with van der Waals surface area (Å²) in [4.78, 5) is 14.6. The number of carbonyl (C=O) groups excluding carboxylic acids is 1. The lowest BCUT2D eigenvalue weighted by atomic mass is 9.80. The van der Waals surface area contributed by atoms with Crippen molar-refractivity contribution in [2.75, 3.05) is 18.0 Å². The molecular formula is C17H27ClN2O. The molecule has 3 nitrogen and oxygen atoms in total. The van der Waals surface area contributed by atoms with Gasteiger partial charge in [-0.15, -0.1) is 12.4 Å². The Kier molecular flexibility index (Phi) is 6.24. The van der Waals surface area contributed by atoms with Crippen LogP contribution >= 0.6 is 12.4 Å². The molecule has 21 heavy (non-hydrogen) atoms. The van der Waals surface area contributed by atoms with E-state index >= 15 is 0 Å². The molecule has 1 heterocycles. The molecule has 118 valence electrons. The number of hydrogen-bond acceptors (Lipinski definition) is 2. The third kappa shape index (κ3) is 4.45. The van der Waals surface area contributed by atoms with Crippen LogP contribution in [-0.4, -0.2) is 19.0 Å². The maximum absolute atomic E-state index is 12.7. The first kappa shape index (κ1) is 18.0. The van der Waals surface area contributed by atoms with Gasteiger partial charge in [0.2, 0.25) is 5.91 Å². The van der Waals surface area contributed by atoms with Gasteiger partial charge in [0.05, 0.1) is 0 Å². The van der Waals surface area contributed by atoms with Crippen molar-refractivity contribution in [3.63, 3.8) is 0 Å². The first-order valence-corrected chi connectivity index (χ1v) is 7.48. The van der Waals surface area contributed by atoms with Gasteiger partial charge in [-0.1, -0.05) is 45.9 Å². The average molecular weight is 311 g/mol. The molecule has 0 radical (unpaired) electrons. The second-order valence-electron chi connectivity index (χ2n) is 6.82. The molecular weight excluding hydrogens is 284 g/mol. The molecule has 1 aromatic carbocycles. The molecule has 0 saturated heterocycles. The van der Waals surface area contributed by atoms with E-state index in [4.69, 9.17) is 0 Å². The third-order valence-corrected chi connectivity index (χ3v) is 4.37. The van der Waals surface area contributed by atoms with Gasteiger partial charge in [0.15, 0.2) is 0 Å². The Hall–Kier alpha value is -1.06. The van der Waals surface area contributed by atoms with Gasteiger partial charge in [-0.3, -0.25) is 4.79 Å². The predicted octanol–water partition coefficient (Wildman–Crippen LogP) is 3.62. The number of amides is 1. The van der Waals surface area contributed by atoms with E-state index in [0.717, 1.165) is 25.3 Å². The summed E-state index contributed by atoms with van der Waals surface area (Å²) in [6, 6.07) is 8.20. The highest BCUT2D eigenvalue weighted by molar-refractivity contribution is 5.94. The Morgan fingerprint density at radius 3 is 2.67 bits per heavy atom. The van der Waals surface area contributed by atoms with Crippen molar-refractivity contribution in [3.05, 3.63) is 29.8 Å². The molecule has 1 N–H and O–H groups in total.